The first kappa shape index (κ1) is 78.1. The van der Waals surface area contributed by atoms with E-state index >= 15 is 0 Å². The maximum Gasteiger partial charge on any atom is 0.321 e. The molecule has 0 amide bonds. The Bertz CT molecular complexity index is 3620. The number of thioether (sulfide) groups is 7. The molecule has 98 heavy (non-hydrogen) atoms. The van der Waals surface area contributed by atoms with E-state index in [2.05, 4.69) is 95.8 Å². The average Bonchev–Trinajstić information content (AvgIpc) is 1.47. The molecule has 13 rings (SSSR count). The number of benzene rings is 6. The number of para-hydroxylation sites is 1. The number of phenols is 2. The van der Waals surface area contributed by atoms with Crippen molar-refractivity contribution >= 4 is 156 Å². The van der Waals surface area contributed by atoms with Gasteiger partial charge in [-0.1, -0.05) is 141 Å². The molecule has 0 saturated carbocycles. The van der Waals surface area contributed by atoms with Crippen molar-refractivity contribution in [2.75, 3.05) is 40.3 Å². The third-order valence-corrected chi connectivity index (χ3v) is 25.9. The molecule has 7 saturated heterocycles. The lowest BCUT2D eigenvalue weighted by atomic mass is 10.0. The molecule has 14 unspecified atom stereocenters. The predicted molar refractivity (Wildman–Crippen MR) is 396 cm³/mol. The smallest absolute Gasteiger partial charge is 0.321 e. The Morgan fingerprint density at radius 1 is 0.347 bits per heavy atom. The first-order valence-corrected chi connectivity index (χ1v) is 39.5. The summed E-state index contributed by atoms with van der Waals surface area (Å²) in [6.07, 6.45) is 0.677. The van der Waals surface area contributed by atoms with Crippen molar-refractivity contribution in [1.29, 1.82) is 0 Å². The second-order valence-electron chi connectivity index (χ2n) is 23.0. The first-order valence-electron chi connectivity index (χ1n) is 30.5. The SMILES string of the molecule is Cc1ccc(C)c(C2NC(C(=O)O)CS2)c1.O=C(O)C1CSC(c2cc(Br)ccc2O)N1.O=C(O)C1CSC(c2ccc(C3NC(C(=O)O)CS3)cc2)C1.O=C(O)C1CSC(c2cccc(Br)c2)N1.O=C(O)C1CSC(c2ccccc2)N1.O=C(O)C1CSC(c2ccccc2O)N1. The molecule has 7 aliphatic heterocycles. The van der Waals surface area contributed by atoms with Gasteiger partial charge in [0.25, 0.3) is 0 Å². The van der Waals surface area contributed by atoms with Gasteiger partial charge in [-0.15, -0.1) is 70.6 Å². The van der Waals surface area contributed by atoms with E-state index in [0.717, 1.165) is 36.8 Å². The topological polar surface area (TPSA) is 374 Å². The van der Waals surface area contributed by atoms with Crippen LogP contribution in [0, 0.1) is 19.8 Å². The molecule has 7 aliphatic rings. The molecule has 6 aromatic rings. The summed E-state index contributed by atoms with van der Waals surface area (Å²) in [7, 11) is 0. The maximum atomic E-state index is 11.0. The van der Waals surface area contributed by atoms with Gasteiger partial charge in [0.1, 0.15) is 47.8 Å². The zero-order chi connectivity index (χ0) is 70.7. The van der Waals surface area contributed by atoms with Crippen molar-refractivity contribution in [2.45, 2.75) is 94.0 Å². The van der Waals surface area contributed by atoms with E-state index in [-0.39, 0.29) is 54.9 Å². The lowest BCUT2D eigenvalue weighted by Crippen LogP contribution is -2.33. The fourth-order valence-corrected chi connectivity index (χ4v) is 20.3. The summed E-state index contributed by atoms with van der Waals surface area (Å²) in [6, 6.07) is 41.5. The lowest BCUT2D eigenvalue weighted by Gasteiger charge is -2.14. The van der Waals surface area contributed by atoms with Crippen molar-refractivity contribution in [3.8, 4) is 11.5 Å². The largest absolute Gasteiger partial charge is 0.508 e. The second kappa shape index (κ2) is 37.9. The van der Waals surface area contributed by atoms with Gasteiger partial charge in [0.2, 0.25) is 0 Å². The van der Waals surface area contributed by atoms with Crippen molar-refractivity contribution in [2.24, 2.45) is 5.92 Å². The summed E-state index contributed by atoms with van der Waals surface area (Å²) < 4.78 is 1.88. The fraction of sp³-hybridized carbons (Fsp3) is 0.358. The molecule has 15 N–H and O–H groups in total. The van der Waals surface area contributed by atoms with Crippen molar-refractivity contribution in [3.05, 3.63) is 199 Å². The van der Waals surface area contributed by atoms with E-state index in [0.29, 0.717) is 52.3 Å². The summed E-state index contributed by atoms with van der Waals surface area (Å²) in [6.45, 7) is 4.11. The molecule has 0 aliphatic carbocycles. The Balaban J connectivity index is 0.000000151. The van der Waals surface area contributed by atoms with Gasteiger partial charge >= 0.3 is 41.8 Å². The van der Waals surface area contributed by atoms with Gasteiger partial charge in [-0.2, -0.15) is 11.8 Å². The number of aryl methyl sites for hydroxylation is 2. The molecular weight excluding hydrogens is 1530 g/mol. The number of carbonyl (C=O) groups is 7. The van der Waals surface area contributed by atoms with Crippen LogP contribution in [0.3, 0.4) is 0 Å². The number of phenolic OH excluding ortho intramolecular Hbond substituents is 2. The molecule has 14 atom stereocenters. The van der Waals surface area contributed by atoms with Crippen LogP contribution in [0.5, 0.6) is 11.5 Å². The molecule has 31 heteroatoms. The van der Waals surface area contributed by atoms with Crippen LogP contribution in [0.25, 0.3) is 0 Å². The van der Waals surface area contributed by atoms with E-state index in [1.54, 1.807) is 95.2 Å². The third-order valence-electron chi connectivity index (χ3n) is 15.9. The molecule has 6 aromatic carbocycles. The zero-order valence-electron chi connectivity index (χ0n) is 52.5. The lowest BCUT2D eigenvalue weighted by molar-refractivity contribution is -0.141. The molecule has 0 spiro atoms. The van der Waals surface area contributed by atoms with Crippen LogP contribution in [0.15, 0.2) is 148 Å². The third kappa shape index (κ3) is 22.7. The van der Waals surface area contributed by atoms with E-state index in [1.807, 2.05) is 84.9 Å². The molecule has 0 aromatic heterocycles. The van der Waals surface area contributed by atoms with Crippen LogP contribution in [0.4, 0.5) is 0 Å². The van der Waals surface area contributed by atoms with E-state index < -0.39 is 78.0 Å². The van der Waals surface area contributed by atoms with Crippen molar-refractivity contribution in [1.82, 2.24) is 31.9 Å². The normalized spacial score (nSPS) is 26.6. The Morgan fingerprint density at radius 3 is 1.18 bits per heavy atom. The summed E-state index contributed by atoms with van der Waals surface area (Å²) in [5, 5.41) is 100. The van der Waals surface area contributed by atoms with Gasteiger partial charge in [-0.3, -0.25) is 65.5 Å². The van der Waals surface area contributed by atoms with Gasteiger partial charge in [-0.25, -0.2) is 0 Å². The first-order chi connectivity index (χ1) is 46.8. The number of carboxylic acid groups (broad SMARTS) is 7. The summed E-state index contributed by atoms with van der Waals surface area (Å²) in [5.41, 5.74) is 9.54. The Hall–Kier alpha value is -5.62. The highest BCUT2D eigenvalue weighted by Gasteiger charge is 2.37. The molecular formula is C67H74Br2N6O16S7. The number of hydrogen-bond acceptors (Lipinski definition) is 22. The number of carboxylic acids is 7. The number of nitrogens with one attached hydrogen (secondary N) is 6. The van der Waals surface area contributed by atoms with Crippen LogP contribution >= 0.6 is 114 Å². The number of rotatable bonds is 14. The summed E-state index contributed by atoms with van der Waals surface area (Å²) >= 11 is 17.9. The minimum atomic E-state index is -0.857. The van der Waals surface area contributed by atoms with E-state index in [1.165, 1.54) is 40.2 Å². The van der Waals surface area contributed by atoms with Gasteiger partial charge in [-0.05, 0) is 90.0 Å². The van der Waals surface area contributed by atoms with Crippen molar-refractivity contribution in [3.63, 3.8) is 0 Å². The number of hydrogen-bond donors (Lipinski definition) is 15. The highest BCUT2D eigenvalue weighted by atomic mass is 79.9. The van der Waals surface area contributed by atoms with Gasteiger partial charge in [0.15, 0.2) is 0 Å². The summed E-state index contributed by atoms with van der Waals surface area (Å²) in [5.74, 6) is -1.25. The predicted octanol–water partition coefficient (Wildman–Crippen LogP) is 11.3. The molecule has 7 heterocycles. The monoisotopic (exact) mass is 1600 g/mol. The average molecular weight is 1600 g/mol. The Labute approximate surface area is 612 Å². The second-order valence-corrected chi connectivity index (χ2v) is 32.9. The number of halogens is 2. The Morgan fingerprint density at radius 2 is 0.735 bits per heavy atom. The molecule has 524 valence electrons. The molecule has 22 nitrogen and oxygen atoms in total. The molecule has 0 radical (unpaired) electrons. The maximum absolute atomic E-state index is 11.0. The van der Waals surface area contributed by atoms with Crippen LogP contribution < -0.4 is 31.9 Å². The highest BCUT2D eigenvalue weighted by molar-refractivity contribution is 9.10. The minimum Gasteiger partial charge on any atom is -0.508 e. The van der Waals surface area contributed by atoms with Gasteiger partial charge in [0, 0.05) is 65.6 Å². The standard InChI is InChI=1S/C15H17NO4S2.C12H15NO2S.C10H10BrNO3S.C10H10BrNO2S.C10H11NO3S.C10H11NO2S/c17-14(18)10-5-12(21-6-10)8-1-3-9(4-2-8)13-16-11(7-22-13)15(19)20;1-7-3-4-8(2)9(5-7)11-13-10(6-16-11)12(14)15;11-5-1-2-8(13)6(3-5)9-12-7(4-16-9)10(14)15;11-7-3-1-2-6(4-7)9-12-8(5-15-9)10(13)14;12-8-4-2-1-3-6(8)9-11-7(5-15-9)10(13)14;12-10(13)8-6-14-9(11-8)7-4-2-1-3-5-7/h1-4,10-13,16H,5-7H2,(H,17,18)(H,19,20);3-5,10-11,13H,6H2,1-2H3,(H,14,15);1-3,7,9,12-13H,4H2,(H,14,15);1-4,8-9,12H,5H2,(H,13,14);1-4,7,9,11-12H,5H2,(H,13,14);1-5,8-9,11H,6H2,(H,12,13). The molecule has 0 bridgehead atoms. The van der Waals surface area contributed by atoms with Crippen LogP contribution in [-0.4, -0.2) is 164 Å². The minimum absolute atomic E-state index is 0.0122. The van der Waals surface area contributed by atoms with Crippen molar-refractivity contribution < 1.29 is 79.5 Å². The van der Waals surface area contributed by atoms with Gasteiger partial charge in [0.05, 0.1) is 38.2 Å². The zero-order valence-corrected chi connectivity index (χ0v) is 61.4. The van der Waals surface area contributed by atoms with E-state index in [4.69, 9.17) is 35.7 Å². The molecule has 7 fully saturated rings. The van der Waals surface area contributed by atoms with Crippen LogP contribution in [0.2, 0.25) is 0 Å². The van der Waals surface area contributed by atoms with Crippen LogP contribution in [0.1, 0.15) is 94.0 Å². The van der Waals surface area contributed by atoms with E-state index in [9.17, 15) is 43.8 Å². The summed E-state index contributed by atoms with van der Waals surface area (Å²) in [4.78, 5) is 75.8. The van der Waals surface area contributed by atoms with Gasteiger partial charge < -0.3 is 46.0 Å². The Kier molecular flexibility index (Phi) is 30.2. The highest BCUT2D eigenvalue weighted by Crippen LogP contribution is 2.45. The number of aliphatic carboxylic acids is 7. The number of aromatic hydroxyl groups is 2. The fourth-order valence-electron chi connectivity index (χ4n) is 10.5. The van der Waals surface area contributed by atoms with Crippen LogP contribution in [-0.2, 0) is 33.6 Å². The quantitative estimate of drug-likeness (QED) is 0.0482.